The first kappa shape index (κ1) is 16.2. The largest absolute Gasteiger partial charge is 0.384 e. The van der Waals surface area contributed by atoms with Gasteiger partial charge in [0.15, 0.2) is 0 Å². The topological polar surface area (TPSA) is 97.0 Å². The van der Waals surface area contributed by atoms with Crippen LogP contribution in [0.25, 0.3) is 0 Å². The van der Waals surface area contributed by atoms with Crippen molar-refractivity contribution in [3.05, 3.63) is 42.0 Å². The quantitative estimate of drug-likeness (QED) is 0.888. The van der Waals surface area contributed by atoms with Crippen molar-refractivity contribution in [1.29, 1.82) is 0 Å². The first-order valence-corrected chi connectivity index (χ1v) is 8.29. The van der Waals surface area contributed by atoms with Crippen molar-refractivity contribution in [3.8, 4) is 0 Å². The number of pyridine rings is 1. The lowest BCUT2D eigenvalue weighted by molar-refractivity contribution is 0.0949. The standard InChI is InChI=1S/C17H22N6O/c18-14-7-8-19-15(22-14)12-21-17(24)13-5-6-16(20-11-13)23-9-3-1-2-4-10-23/h5-8,11H,1-4,9-10,12H2,(H,21,24)(H2,18,19,22). The van der Waals surface area contributed by atoms with E-state index < -0.39 is 0 Å². The molecular formula is C17H22N6O. The Hall–Kier alpha value is -2.70. The average Bonchev–Trinajstić information content (AvgIpc) is 2.89. The monoisotopic (exact) mass is 326 g/mol. The second-order valence-corrected chi connectivity index (χ2v) is 5.89. The SMILES string of the molecule is Nc1ccnc(CNC(=O)c2ccc(N3CCCCCC3)nc2)n1. The summed E-state index contributed by atoms with van der Waals surface area (Å²) >= 11 is 0. The summed E-state index contributed by atoms with van der Waals surface area (Å²) in [6.45, 7) is 2.30. The second-order valence-electron chi connectivity index (χ2n) is 5.89. The Bertz CT molecular complexity index is 680. The Balaban J connectivity index is 1.59. The van der Waals surface area contributed by atoms with Crippen LogP contribution in [-0.2, 0) is 6.54 Å². The Labute approximate surface area is 141 Å². The van der Waals surface area contributed by atoms with Crippen LogP contribution in [0.2, 0.25) is 0 Å². The molecule has 0 spiro atoms. The first-order valence-electron chi connectivity index (χ1n) is 8.29. The summed E-state index contributed by atoms with van der Waals surface area (Å²) in [5, 5.41) is 2.78. The number of rotatable bonds is 4. The maximum Gasteiger partial charge on any atom is 0.253 e. The summed E-state index contributed by atoms with van der Waals surface area (Å²) in [4.78, 5) is 27.0. The zero-order chi connectivity index (χ0) is 16.8. The Kier molecular flexibility index (Phi) is 5.20. The van der Waals surface area contributed by atoms with Crippen LogP contribution in [0.4, 0.5) is 11.6 Å². The minimum Gasteiger partial charge on any atom is -0.384 e. The molecule has 7 heteroatoms. The summed E-state index contributed by atoms with van der Waals surface area (Å²) in [5.41, 5.74) is 6.12. The third-order valence-electron chi connectivity index (χ3n) is 4.07. The van der Waals surface area contributed by atoms with Crippen molar-refractivity contribution in [2.45, 2.75) is 32.2 Å². The van der Waals surface area contributed by atoms with Gasteiger partial charge in [0.25, 0.3) is 5.91 Å². The Morgan fingerprint density at radius 3 is 2.58 bits per heavy atom. The predicted octanol–water partition coefficient (Wildman–Crippen LogP) is 1.76. The molecule has 1 aliphatic rings. The molecule has 0 saturated carbocycles. The van der Waals surface area contributed by atoms with E-state index in [0.717, 1.165) is 18.9 Å². The molecule has 0 aromatic carbocycles. The highest BCUT2D eigenvalue weighted by molar-refractivity contribution is 5.93. The highest BCUT2D eigenvalue weighted by Gasteiger charge is 2.12. The number of aromatic nitrogens is 3. The smallest absolute Gasteiger partial charge is 0.253 e. The Morgan fingerprint density at radius 2 is 1.92 bits per heavy atom. The van der Waals surface area contributed by atoms with Crippen molar-refractivity contribution in [2.75, 3.05) is 23.7 Å². The molecule has 0 atom stereocenters. The number of nitrogens with one attached hydrogen (secondary N) is 1. The lowest BCUT2D eigenvalue weighted by Gasteiger charge is -2.21. The van der Waals surface area contributed by atoms with Gasteiger partial charge in [0, 0.05) is 25.5 Å². The number of carbonyl (C=O) groups is 1. The summed E-state index contributed by atoms with van der Waals surface area (Å²) in [6, 6.07) is 5.33. The first-order chi connectivity index (χ1) is 11.7. The number of anilines is 2. The number of nitrogens with zero attached hydrogens (tertiary/aromatic N) is 4. The van der Waals surface area contributed by atoms with Gasteiger partial charge in [-0.25, -0.2) is 15.0 Å². The van der Waals surface area contributed by atoms with E-state index in [1.54, 1.807) is 18.5 Å². The van der Waals surface area contributed by atoms with E-state index in [1.807, 2.05) is 12.1 Å². The summed E-state index contributed by atoms with van der Waals surface area (Å²) in [5.74, 6) is 1.61. The van der Waals surface area contributed by atoms with Crippen LogP contribution in [0.1, 0.15) is 41.9 Å². The number of carbonyl (C=O) groups excluding carboxylic acids is 1. The molecule has 3 N–H and O–H groups in total. The molecule has 24 heavy (non-hydrogen) atoms. The fourth-order valence-corrected chi connectivity index (χ4v) is 2.77. The van der Waals surface area contributed by atoms with Gasteiger partial charge in [-0.05, 0) is 31.0 Å². The normalized spacial score (nSPS) is 14.9. The number of nitrogen functional groups attached to an aromatic ring is 1. The maximum atomic E-state index is 12.2. The molecule has 1 amide bonds. The van der Waals surface area contributed by atoms with Crippen molar-refractivity contribution in [1.82, 2.24) is 20.3 Å². The van der Waals surface area contributed by atoms with Crippen molar-refractivity contribution >= 4 is 17.5 Å². The van der Waals surface area contributed by atoms with Gasteiger partial charge in [-0.3, -0.25) is 4.79 Å². The highest BCUT2D eigenvalue weighted by Crippen LogP contribution is 2.17. The minimum atomic E-state index is -0.198. The molecule has 1 saturated heterocycles. The lowest BCUT2D eigenvalue weighted by Crippen LogP contribution is -2.26. The van der Waals surface area contributed by atoms with E-state index >= 15 is 0 Å². The molecule has 2 aromatic rings. The Morgan fingerprint density at radius 1 is 1.12 bits per heavy atom. The summed E-state index contributed by atoms with van der Waals surface area (Å²) in [6.07, 6.45) is 8.15. The van der Waals surface area contributed by atoms with Gasteiger partial charge in [-0.1, -0.05) is 12.8 Å². The van der Waals surface area contributed by atoms with Crippen molar-refractivity contribution in [2.24, 2.45) is 0 Å². The van der Waals surface area contributed by atoms with E-state index in [4.69, 9.17) is 5.73 Å². The molecule has 0 aliphatic carbocycles. The van der Waals surface area contributed by atoms with Crippen LogP contribution >= 0.6 is 0 Å². The van der Waals surface area contributed by atoms with E-state index in [9.17, 15) is 4.79 Å². The molecular weight excluding hydrogens is 304 g/mol. The molecule has 1 fully saturated rings. The molecule has 3 rings (SSSR count). The molecule has 1 aliphatic heterocycles. The van der Waals surface area contributed by atoms with E-state index in [-0.39, 0.29) is 12.5 Å². The van der Waals surface area contributed by atoms with Gasteiger partial charge in [0.1, 0.15) is 17.5 Å². The van der Waals surface area contributed by atoms with E-state index in [2.05, 4.69) is 25.2 Å². The maximum absolute atomic E-state index is 12.2. The van der Waals surface area contributed by atoms with Crippen LogP contribution in [0.5, 0.6) is 0 Å². The van der Waals surface area contributed by atoms with E-state index in [1.165, 1.54) is 25.7 Å². The number of nitrogens with two attached hydrogens (primary N) is 1. The van der Waals surface area contributed by atoms with Crippen molar-refractivity contribution in [3.63, 3.8) is 0 Å². The van der Waals surface area contributed by atoms with Gasteiger partial charge in [-0.15, -0.1) is 0 Å². The fourth-order valence-electron chi connectivity index (χ4n) is 2.77. The third-order valence-corrected chi connectivity index (χ3v) is 4.07. The zero-order valence-electron chi connectivity index (χ0n) is 13.6. The third kappa shape index (κ3) is 4.18. The van der Waals surface area contributed by atoms with Crippen LogP contribution in [0.15, 0.2) is 30.6 Å². The van der Waals surface area contributed by atoms with Crippen LogP contribution < -0.4 is 16.0 Å². The van der Waals surface area contributed by atoms with Gasteiger partial charge in [0.2, 0.25) is 0 Å². The fraction of sp³-hybridized carbons (Fsp3) is 0.412. The minimum absolute atomic E-state index is 0.198. The van der Waals surface area contributed by atoms with Crippen molar-refractivity contribution < 1.29 is 4.79 Å². The zero-order valence-corrected chi connectivity index (χ0v) is 13.6. The molecule has 0 unspecified atom stereocenters. The summed E-state index contributed by atoms with van der Waals surface area (Å²) in [7, 11) is 0. The average molecular weight is 326 g/mol. The molecule has 7 nitrogen and oxygen atoms in total. The van der Waals surface area contributed by atoms with Crippen LogP contribution in [0, 0.1) is 0 Å². The van der Waals surface area contributed by atoms with Gasteiger partial charge >= 0.3 is 0 Å². The van der Waals surface area contributed by atoms with E-state index in [0.29, 0.717) is 17.2 Å². The van der Waals surface area contributed by atoms with Gasteiger partial charge < -0.3 is 16.0 Å². The van der Waals surface area contributed by atoms with Gasteiger partial charge in [-0.2, -0.15) is 0 Å². The van der Waals surface area contributed by atoms with Crippen LogP contribution in [0.3, 0.4) is 0 Å². The number of hydrogen-bond donors (Lipinski definition) is 2. The number of hydrogen-bond acceptors (Lipinski definition) is 6. The lowest BCUT2D eigenvalue weighted by atomic mass is 10.2. The predicted molar refractivity (Wildman–Crippen MR) is 92.5 cm³/mol. The highest BCUT2D eigenvalue weighted by atomic mass is 16.1. The van der Waals surface area contributed by atoms with Crippen LogP contribution in [-0.4, -0.2) is 33.9 Å². The molecule has 0 bridgehead atoms. The second kappa shape index (κ2) is 7.72. The number of amides is 1. The molecule has 2 aromatic heterocycles. The molecule has 126 valence electrons. The van der Waals surface area contributed by atoms with Gasteiger partial charge in [0.05, 0.1) is 12.1 Å². The molecule has 0 radical (unpaired) electrons. The molecule has 3 heterocycles. The summed E-state index contributed by atoms with van der Waals surface area (Å²) < 4.78 is 0.